The Hall–Kier alpha value is -2.86. The van der Waals surface area contributed by atoms with Crippen LogP contribution < -0.4 is 10.3 Å². The van der Waals surface area contributed by atoms with Gasteiger partial charge in [-0.05, 0) is 12.1 Å². The minimum atomic E-state index is -3.54. The van der Waals surface area contributed by atoms with Gasteiger partial charge >= 0.3 is 0 Å². The molecule has 0 aliphatic carbocycles. The molecule has 11 heteroatoms. The maximum absolute atomic E-state index is 12.6. The third kappa shape index (κ3) is 5.44. The van der Waals surface area contributed by atoms with Gasteiger partial charge in [0.2, 0.25) is 10.0 Å². The number of thiazole rings is 1. The van der Waals surface area contributed by atoms with Crippen LogP contribution in [-0.2, 0) is 14.8 Å². The first kappa shape index (κ1) is 24.3. The Morgan fingerprint density at radius 1 is 1.15 bits per heavy atom. The molecule has 34 heavy (non-hydrogen) atoms. The first-order valence-corrected chi connectivity index (χ1v) is 13.4. The third-order valence-electron chi connectivity index (χ3n) is 5.41. The van der Waals surface area contributed by atoms with Gasteiger partial charge in [-0.15, -0.1) is 0 Å². The lowest BCUT2D eigenvalue weighted by atomic mass is 10.1. The molecule has 1 fully saturated rings. The van der Waals surface area contributed by atoms with Crippen LogP contribution in [0.2, 0.25) is 0 Å². The van der Waals surface area contributed by atoms with Gasteiger partial charge in [0.1, 0.15) is 10.7 Å². The van der Waals surface area contributed by atoms with E-state index < -0.39 is 10.0 Å². The molecular formula is C23H28N6O3S2. The van der Waals surface area contributed by atoms with E-state index in [1.807, 2.05) is 44.2 Å². The number of sulfonamides is 1. The fraction of sp³-hybridized carbons (Fsp3) is 0.348. The monoisotopic (exact) mass is 500 g/mol. The number of benzene rings is 1. The Labute approximate surface area is 204 Å². The van der Waals surface area contributed by atoms with Crippen LogP contribution >= 0.6 is 11.3 Å². The predicted octanol–water partition coefficient (Wildman–Crippen LogP) is 3.52. The average molecular weight is 501 g/mol. The molecule has 1 N–H and O–H groups in total. The molecule has 0 atom stereocenters. The highest BCUT2D eigenvalue weighted by atomic mass is 32.2. The largest absolute Gasteiger partial charge is 0.378 e. The zero-order valence-electron chi connectivity index (χ0n) is 19.2. The van der Waals surface area contributed by atoms with Crippen molar-refractivity contribution in [3.05, 3.63) is 53.5 Å². The molecule has 0 amide bonds. The van der Waals surface area contributed by atoms with E-state index >= 15 is 0 Å². The van der Waals surface area contributed by atoms with Gasteiger partial charge in [0.15, 0.2) is 5.13 Å². The molecule has 2 aromatic heterocycles. The third-order valence-corrected chi connectivity index (χ3v) is 8.50. The lowest BCUT2D eigenvalue weighted by Crippen LogP contribution is -2.36. The molecule has 0 radical (unpaired) electrons. The summed E-state index contributed by atoms with van der Waals surface area (Å²) in [6.45, 7) is 7.45. The number of ether oxygens (including phenoxy) is 1. The molecule has 1 aliphatic heterocycles. The number of nitrogens with zero attached hydrogens (tertiary/aromatic N) is 5. The molecular weight excluding hydrogens is 472 g/mol. The fourth-order valence-corrected chi connectivity index (χ4v) is 5.98. The van der Waals surface area contributed by atoms with Crippen molar-refractivity contribution >= 4 is 38.5 Å². The molecule has 0 spiro atoms. The first-order chi connectivity index (χ1) is 16.5. The van der Waals surface area contributed by atoms with Crippen molar-refractivity contribution in [2.75, 3.05) is 49.7 Å². The smallest absolute Gasteiger partial charge is 0.244 e. The molecule has 3 aromatic rings. The van der Waals surface area contributed by atoms with Crippen molar-refractivity contribution < 1.29 is 13.2 Å². The number of morpholine rings is 1. The quantitative estimate of drug-likeness (QED) is 0.354. The normalized spacial score (nSPS) is 14.7. The SMILES string of the molecule is CCN(CC)S(=O)(=O)c1ccc(N/N=C/c2sc(N3CCOCC3)nc2-c2ccccc2)nc1. The van der Waals surface area contributed by atoms with Crippen molar-refractivity contribution in [3.63, 3.8) is 0 Å². The summed E-state index contributed by atoms with van der Waals surface area (Å²) in [7, 11) is -3.54. The van der Waals surface area contributed by atoms with Gasteiger partial charge in [-0.25, -0.2) is 18.4 Å². The van der Waals surface area contributed by atoms with Crippen LogP contribution in [0, 0.1) is 0 Å². The highest BCUT2D eigenvalue weighted by molar-refractivity contribution is 7.89. The fourth-order valence-electron chi connectivity index (χ4n) is 3.57. The van der Waals surface area contributed by atoms with Crippen LogP contribution in [0.1, 0.15) is 18.7 Å². The van der Waals surface area contributed by atoms with Crippen LogP contribution in [0.25, 0.3) is 11.3 Å². The second-order valence-electron chi connectivity index (χ2n) is 7.51. The van der Waals surface area contributed by atoms with Crippen LogP contribution in [0.15, 0.2) is 58.7 Å². The lowest BCUT2D eigenvalue weighted by Gasteiger charge is -2.26. The number of aromatic nitrogens is 2. The molecule has 1 saturated heterocycles. The number of anilines is 2. The van der Waals surface area contributed by atoms with Gasteiger partial charge in [-0.1, -0.05) is 55.5 Å². The highest BCUT2D eigenvalue weighted by Gasteiger charge is 2.22. The van der Waals surface area contributed by atoms with Crippen LogP contribution in [0.5, 0.6) is 0 Å². The van der Waals surface area contributed by atoms with Gasteiger partial charge < -0.3 is 9.64 Å². The van der Waals surface area contributed by atoms with E-state index in [4.69, 9.17) is 9.72 Å². The Morgan fingerprint density at radius 2 is 1.88 bits per heavy atom. The van der Waals surface area contributed by atoms with Gasteiger partial charge in [0.05, 0.1) is 30.0 Å². The van der Waals surface area contributed by atoms with Crippen molar-refractivity contribution in [1.82, 2.24) is 14.3 Å². The van der Waals surface area contributed by atoms with E-state index in [-0.39, 0.29) is 4.90 Å². The summed E-state index contributed by atoms with van der Waals surface area (Å²) in [6, 6.07) is 13.2. The highest BCUT2D eigenvalue weighted by Crippen LogP contribution is 2.32. The summed E-state index contributed by atoms with van der Waals surface area (Å²) in [5.41, 5.74) is 4.78. The van der Waals surface area contributed by atoms with Crippen molar-refractivity contribution in [1.29, 1.82) is 0 Å². The molecule has 3 heterocycles. The van der Waals surface area contributed by atoms with Gasteiger partial charge in [0, 0.05) is 37.9 Å². The number of hydrogen-bond donors (Lipinski definition) is 1. The van der Waals surface area contributed by atoms with E-state index in [0.717, 1.165) is 34.4 Å². The van der Waals surface area contributed by atoms with E-state index in [1.54, 1.807) is 23.6 Å². The number of hydrazone groups is 1. The van der Waals surface area contributed by atoms with Gasteiger partial charge in [-0.2, -0.15) is 9.41 Å². The van der Waals surface area contributed by atoms with Crippen LogP contribution in [0.3, 0.4) is 0 Å². The molecule has 0 bridgehead atoms. The molecule has 0 unspecified atom stereocenters. The summed E-state index contributed by atoms with van der Waals surface area (Å²) in [6.07, 6.45) is 3.08. The minimum Gasteiger partial charge on any atom is -0.378 e. The maximum atomic E-state index is 12.6. The summed E-state index contributed by atoms with van der Waals surface area (Å²) in [4.78, 5) is 12.4. The number of pyridine rings is 1. The molecule has 0 saturated carbocycles. The van der Waals surface area contributed by atoms with E-state index in [2.05, 4.69) is 20.4 Å². The zero-order valence-corrected chi connectivity index (χ0v) is 20.8. The van der Waals surface area contributed by atoms with Crippen molar-refractivity contribution in [3.8, 4) is 11.3 Å². The second kappa shape index (κ2) is 11.0. The summed E-state index contributed by atoms with van der Waals surface area (Å²) in [5, 5.41) is 5.28. The standard InChI is InChI=1S/C23H28N6O3S2/c1-3-29(4-2)34(30,31)19-10-11-21(24-16-19)27-25-17-20-22(18-8-6-5-7-9-18)26-23(33-20)28-12-14-32-15-13-28/h5-11,16-17H,3-4,12-15H2,1-2H3,(H,24,27)/b25-17+. The van der Waals surface area contributed by atoms with Crippen molar-refractivity contribution in [2.24, 2.45) is 5.10 Å². The van der Waals surface area contributed by atoms with Gasteiger partial charge in [-0.3, -0.25) is 5.43 Å². The number of nitrogens with one attached hydrogen (secondary N) is 1. The molecule has 1 aliphatic rings. The minimum absolute atomic E-state index is 0.162. The summed E-state index contributed by atoms with van der Waals surface area (Å²) in [5.74, 6) is 0.453. The Kier molecular flexibility index (Phi) is 7.88. The summed E-state index contributed by atoms with van der Waals surface area (Å²) < 4.78 is 32.1. The molecule has 180 valence electrons. The lowest BCUT2D eigenvalue weighted by molar-refractivity contribution is 0.122. The number of rotatable bonds is 9. The predicted molar refractivity (Wildman–Crippen MR) is 136 cm³/mol. The Morgan fingerprint density at radius 3 is 2.53 bits per heavy atom. The molecule has 1 aromatic carbocycles. The molecule has 9 nitrogen and oxygen atoms in total. The first-order valence-electron chi connectivity index (χ1n) is 11.2. The maximum Gasteiger partial charge on any atom is 0.244 e. The topological polar surface area (TPSA) is 100 Å². The Balaban J connectivity index is 1.52. The van der Waals surface area contributed by atoms with E-state index in [9.17, 15) is 8.42 Å². The van der Waals surface area contributed by atoms with Crippen molar-refractivity contribution in [2.45, 2.75) is 18.7 Å². The van der Waals surface area contributed by atoms with E-state index in [1.165, 1.54) is 16.6 Å². The van der Waals surface area contributed by atoms with E-state index in [0.29, 0.717) is 32.1 Å². The zero-order chi connectivity index (χ0) is 24.0. The Bertz CT molecular complexity index is 1200. The molecule has 4 rings (SSSR count). The second-order valence-corrected chi connectivity index (χ2v) is 10.5. The van der Waals surface area contributed by atoms with Crippen LogP contribution in [-0.4, -0.2) is 68.3 Å². The van der Waals surface area contributed by atoms with Crippen LogP contribution in [0.4, 0.5) is 10.9 Å². The summed E-state index contributed by atoms with van der Waals surface area (Å²) >= 11 is 1.57. The average Bonchev–Trinajstić information content (AvgIpc) is 3.30. The van der Waals surface area contributed by atoms with Gasteiger partial charge in [0.25, 0.3) is 0 Å². The number of hydrogen-bond acceptors (Lipinski definition) is 9.